The van der Waals surface area contributed by atoms with Crippen molar-refractivity contribution in [3.8, 4) is 11.4 Å². The molecule has 0 saturated carbocycles. The molecule has 0 unspecified atom stereocenters. The van der Waals surface area contributed by atoms with Gasteiger partial charge in [-0.15, -0.1) is 0 Å². The topological polar surface area (TPSA) is 130 Å². The van der Waals surface area contributed by atoms with E-state index in [0.717, 1.165) is 11.3 Å². The number of pyridine rings is 1. The number of hydrogen-bond acceptors (Lipinski definition) is 7. The fourth-order valence-electron chi connectivity index (χ4n) is 2.20. The lowest BCUT2D eigenvalue weighted by molar-refractivity contribution is 0.307. The van der Waals surface area contributed by atoms with Gasteiger partial charge in [0.2, 0.25) is 0 Å². The third-order valence-corrected chi connectivity index (χ3v) is 3.30. The van der Waals surface area contributed by atoms with Crippen molar-refractivity contribution in [2.45, 2.75) is 6.61 Å². The second-order valence-electron chi connectivity index (χ2n) is 4.82. The molecule has 0 aliphatic carbocycles. The average Bonchev–Trinajstić information content (AvgIpc) is 3.10. The zero-order chi connectivity index (χ0) is 16.2. The van der Waals surface area contributed by atoms with Crippen LogP contribution in [0.25, 0.3) is 5.69 Å². The normalized spacial score (nSPS) is 10.5. The number of hydrogen-bond donors (Lipinski definition) is 4. The van der Waals surface area contributed by atoms with Crippen molar-refractivity contribution in [1.82, 2.24) is 14.8 Å². The van der Waals surface area contributed by atoms with Crippen LogP contribution in [0.2, 0.25) is 0 Å². The smallest absolute Gasteiger partial charge is 0.169 e. The SMILES string of the molecule is NNc1nc(N)cc(OCc2ccccc2-n2cccn2)c1N. The van der Waals surface area contributed by atoms with Crippen LogP contribution in [0, 0.1) is 0 Å². The van der Waals surface area contributed by atoms with Gasteiger partial charge in [-0.3, -0.25) is 0 Å². The summed E-state index contributed by atoms with van der Waals surface area (Å²) in [5, 5.41) is 4.24. The quantitative estimate of drug-likeness (QED) is 0.412. The lowest BCUT2D eigenvalue weighted by atomic mass is 10.2. The second-order valence-corrected chi connectivity index (χ2v) is 4.82. The molecule has 8 heteroatoms. The molecule has 2 heterocycles. The number of para-hydroxylation sites is 1. The van der Waals surface area contributed by atoms with Gasteiger partial charge in [-0.05, 0) is 12.1 Å². The van der Waals surface area contributed by atoms with Gasteiger partial charge >= 0.3 is 0 Å². The number of aromatic nitrogens is 3. The summed E-state index contributed by atoms with van der Waals surface area (Å²) in [5.41, 5.74) is 16.3. The Morgan fingerprint density at radius 3 is 2.74 bits per heavy atom. The maximum atomic E-state index is 5.96. The molecule has 2 aromatic heterocycles. The molecule has 0 aliphatic heterocycles. The molecule has 0 spiro atoms. The van der Waals surface area contributed by atoms with Gasteiger partial charge < -0.3 is 21.6 Å². The first kappa shape index (κ1) is 14.7. The minimum absolute atomic E-state index is 0.266. The maximum Gasteiger partial charge on any atom is 0.169 e. The summed E-state index contributed by atoms with van der Waals surface area (Å²) in [4.78, 5) is 3.99. The van der Waals surface area contributed by atoms with Gasteiger partial charge in [0.1, 0.15) is 23.9 Å². The molecule has 1 aromatic carbocycles. The van der Waals surface area contributed by atoms with E-state index in [4.69, 9.17) is 22.0 Å². The van der Waals surface area contributed by atoms with Gasteiger partial charge in [0.05, 0.1) is 5.69 Å². The molecule has 7 N–H and O–H groups in total. The summed E-state index contributed by atoms with van der Waals surface area (Å²) in [5.74, 6) is 6.33. The Hall–Kier alpha value is -3.26. The second kappa shape index (κ2) is 6.24. The summed E-state index contributed by atoms with van der Waals surface area (Å²) in [6, 6.07) is 11.2. The predicted octanol–water partition coefficient (Wildman–Crippen LogP) is 1.30. The van der Waals surface area contributed by atoms with E-state index >= 15 is 0 Å². The number of nitrogens with zero attached hydrogens (tertiary/aromatic N) is 3. The van der Waals surface area contributed by atoms with Crippen LogP contribution in [-0.4, -0.2) is 14.8 Å². The van der Waals surface area contributed by atoms with E-state index in [1.165, 1.54) is 0 Å². The van der Waals surface area contributed by atoms with Gasteiger partial charge in [-0.2, -0.15) is 5.10 Å². The van der Waals surface area contributed by atoms with Gasteiger partial charge in [0.25, 0.3) is 0 Å². The van der Waals surface area contributed by atoms with Crippen molar-refractivity contribution in [3.63, 3.8) is 0 Å². The van der Waals surface area contributed by atoms with E-state index in [1.807, 2.05) is 36.5 Å². The molecule has 118 valence electrons. The first-order valence-electron chi connectivity index (χ1n) is 6.92. The van der Waals surface area contributed by atoms with E-state index in [9.17, 15) is 0 Å². The number of rotatable bonds is 5. The third-order valence-electron chi connectivity index (χ3n) is 3.30. The van der Waals surface area contributed by atoms with Crippen molar-refractivity contribution in [1.29, 1.82) is 0 Å². The Morgan fingerprint density at radius 1 is 1.17 bits per heavy atom. The third kappa shape index (κ3) is 3.01. The number of nitrogen functional groups attached to an aromatic ring is 3. The molecule has 3 aromatic rings. The number of ether oxygens (including phenoxy) is 1. The molecule has 23 heavy (non-hydrogen) atoms. The maximum absolute atomic E-state index is 5.96. The summed E-state index contributed by atoms with van der Waals surface area (Å²) in [6.07, 6.45) is 3.59. The first-order valence-corrected chi connectivity index (χ1v) is 6.92. The molecular weight excluding hydrogens is 294 g/mol. The highest BCUT2D eigenvalue weighted by molar-refractivity contribution is 5.71. The minimum atomic E-state index is 0.266. The highest BCUT2D eigenvalue weighted by atomic mass is 16.5. The van der Waals surface area contributed by atoms with Crippen LogP contribution in [0.15, 0.2) is 48.8 Å². The van der Waals surface area contributed by atoms with Crippen LogP contribution in [-0.2, 0) is 6.61 Å². The van der Waals surface area contributed by atoms with Gasteiger partial charge in [0.15, 0.2) is 5.82 Å². The monoisotopic (exact) mass is 311 g/mol. The van der Waals surface area contributed by atoms with Crippen LogP contribution in [0.4, 0.5) is 17.3 Å². The number of nitrogens with two attached hydrogens (primary N) is 3. The molecule has 0 saturated heterocycles. The summed E-state index contributed by atoms with van der Waals surface area (Å²) < 4.78 is 7.58. The number of benzene rings is 1. The number of anilines is 3. The van der Waals surface area contributed by atoms with Crippen molar-refractivity contribution < 1.29 is 4.74 Å². The number of nitrogens with one attached hydrogen (secondary N) is 1. The van der Waals surface area contributed by atoms with Gasteiger partial charge in [-0.25, -0.2) is 15.5 Å². The van der Waals surface area contributed by atoms with E-state index in [-0.39, 0.29) is 11.6 Å². The molecule has 0 bridgehead atoms. The minimum Gasteiger partial charge on any atom is -0.486 e. The highest BCUT2D eigenvalue weighted by Gasteiger charge is 2.11. The Bertz CT molecular complexity index is 802. The lowest BCUT2D eigenvalue weighted by Crippen LogP contribution is -2.13. The molecule has 0 fully saturated rings. The average molecular weight is 311 g/mol. The zero-order valence-electron chi connectivity index (χ0n) is 12.3. The largest absolute Gasteiger partial charge is 0.486 e. The van der Waals surface area contributed by atoms with E-state index < -0.39 is 0 Å². The van der Waals surface area contributed by atoms with Crippen LogP contribution in [0.1, 0.15) is 5.56 Å². The molecule has 3 rings (SSSR count). The van der Waals surface area contributed by atoms with Gasteiger partial charge in [0, 0.05) is 24.0 Å². The molecule has 8 nitrogen and oxygen atoms in total. The summed E-state index contributed by atoms with van der Waals surface area (Å²) >= 11 is 0. The molecule has 0 atom stereocenters. The van der Waals surface area contributed by atoms with Crippen LogP contribution in [0.5, 0.6) is 5.75 Å². The van der Waals surface area contributed by atoms with E-state index in [2.05, 4.69) is 15.5 Å². The molecule has 0 amide bonds. The summed E-state index contributed by atoms with van der Waals surface area (Å²) in [7, 11) is 0. The van der Waals surface area contributed by atoms with Crippen molar-refractivity contribution >= 4 is 17.3 Å². The molecule has 0 aliphatic rings. The van der Waals surface area contributed by atoms with E-state index in [1.54, 1.807) is 16.9 Å². The Kier molecular flexibility index (Phi) is 3.98. The standard InChI is InChI=1S/C15H17N7O/c16-13-8-12(14(17)15(20-13)21-18)23-9-10-4-1-2-5-11(10)22-7-3-6-19-22/h1-8H,9,17-18H2,(H3,16,20,21). The highest BCUT2D eigenvalue weighted by Crippen LogP contribution is 2.30. The summed E-state index contributed by atoms with van der Waals surface area (Å²) in [6.45, 7) is 0.299. The predicted molar refractivity (Wildman–Crippen MR) is 88.8 cm³/mol. The van der Waals surface area contributed by atoms with Crippen LogP contribution in [0.3, 0.4) is 0 Å². The first-order chi connectivity index (χ1) is 11.2. The zero-order valence-corrected chi connectivity index (χ0v) is 12.3. The van der Waals surface area contributed by atoms with Crippen LogP contribution < -0.4 is 27.5 Å². The fraction of sp³-hybridized carbons (Fsp3) is 0.0667. The Labute approximate surface area is 132 Å². The Balaban J connectivity index is 1.86. The van der Waals surface area contributed by atoms with E-state index in [0.29, 0.717) is 18.0 Å². The van der Waals surface area contributed by atoms with Crippen LogP contribution >= 0.6 is 0 Å². The Morgan fingerprint density at radius 2 is 2.00 bits per heavy atom. The van der Waals surface area contributed by atoms with Gasteiger partial charge in [-0.1, -0.05) is 18.2 Å². The number of hydrazine groups is 1. The van der Waals surface area contributed by atoms with Crippen molar-refractivity contribution in [3.05, 3.63) is 54.4 Å². The fourth-order valence-corrected chi connectivity index (χ4v) is 2.20. The van der Waals surface area contributed by atoms with Crippen molar-refractivity contribution in [2.75, 3.05) is 16.9 Å². The van der Waals surface area contributed by atoms with Crippen molar-refractivity contribution in [2.24, 2.45) is 5.84 Å². The lowest BCUT2D eigenvalue weighted by Gasteiger charge is -2.14. The molecular formula is C15H17N7O. The molecule has 0 radical (unpaired) electrons.